The summed E-state index contributed by atoms with van der Waals surface area (Å²) in [4.78, 5) is 14.1. The first-order valence-electron chi connectivity index (χ1n) is 6.68. The van der Waals surface area contributed by atoms with Crippen molar-refractivity contribution < 1.29 is 14.6 Å². The number of benzene rings is 1. The number of carbonyl (C=O) groups excluding carboxylic acids is 1. The monoisotopic (exact) mass is 342 g/mol. The molecule has 0 radical (unpaired) electrons. The van der Waals surface area contributed by atoms with Gasteiger partial charge in [0.15, 0.2) is 0 Å². The third-order valence-corrected chi connectivity index (χ3v) is 4.06. The Labute approximate surface area is 127 Å². The van der Waals surface area contributed by atoms with Crippen LogP contribution in [0.5, 0.6) is 0 Å². The molecule has 1 atom stereocenters. The van der Waals surface area contributed by atoms with Crippen molar-refractivity contribution in [3.05, 3.63) is 28.2 Å². The van der Waals surface area contributed by atoms with Gasteiger partial charge < -0.3 is 20.1 Å². The van der Waals surface area contributed by atoms with Gasteiger partial charge in [-0.3, -0.25) is 4.79 Å². The Kier molecular flexibility index (Phi) is 5.39. The fourth-order valence-corrected chi connectivity index (χ4v) is 2.76. The molecule has 1 aromatic rings. The van der Waals surface area contributed by atoms with E-state index in [0.717, 1.165) is 15.7 Å². The van der Waals surface area contributed by atoms with Crippen LogP contribution in [0.3, 0.4) is 0 Å². The molecule has 5 nitrogen and oxygen atoms in total. The number of anilines is 1. The van der Waals surface area contributed by atoms with E-state index in [9.17, 15) is 9.90 Å². The second kappa shape index (κ2) is 7.06. The maximum atomic E-state index is 12.1. The smallest absolute Gasteiger partial charge is 0.245 e. The third kappa shape index (κ3) is 3.31. The van der Waals surface area contributed by atoms with Gasteiger partial charge in [-0.05, 0) is 24.6 Å². The molecular weight excluding hydrogens is 324 g/mol. The maximum absolute atomic E-state index is 12.1. The first-order valence-corrected chi connectivity index (χ1v) is 7.48. The number of morpholine rings is 1. The molecule has 1 aliphatic rings. The highest BCUT2D eigenvalue weighted by Gasteiger charge is 2.29. The zero-order chi connectivity index (χ0) is 14.5. The number of halogens is 1. The van der Waals surface area contributed by atoms with E-state index in [0.29, 0.717) is 26.3 Å². The summed E-state index contributed by atoms with van der Waals surface area (Å²) in [6.07, 6.45) is 0. The predicted octanol–water partition coefficient (Wildman–Crippen LogP) is 1.28. The maximum Gasteiger partial charge on any atom is 0.245 e. The summed E-state index contributed by atoms with van der Waals surface area (Å²) in [6.45, 7) is 4.17. The summed E-state index contributed by atoms with van der Waals surface area (Å²) >= 11 is 3.44. The molecule has 1 aromatic carbocycles. The molecule has 1 heterocycles. The number of ether oxygens (including phenoxy) is 1. The Balaban J connectivity index is 2.23. The minimum absolute atomic E-state index is 0.0102. The van der Waals surface area contributed by atoms with Crippen LogP contribution in [-0.4, -0.2) is 43.4 Å². The van der Waals surface area contributed by atoms with E-state index in [2.05, 4.69) is 21.2 Å². The summed E-state index contributed by atoms with van der Waals surface area (Å²) in [7, 11) is 0. The highest BCUT2D eigenvalue weighted by Crippen LogP contribution is 2.26. The van der Waals surface area contributed by atoms with Crippen molar-refractivity contribution in [2.24, 2.45) is 0 Å². The van der Waals surface area contributed by atoms with Crippen LogP contribution in [-0.2, 0) is 16.1 Å². The van der Waals surface area contributed by atoms with Crippen LogP contribution >= 0.6 is 15.9 Å². The Morgan fingerprint density at radius 2 is 2.40 bits per heavy atom. The molecule has 1 aliphatic heterocycles. The molecule has 0 bridgehead atoms. The number of hydrogen-bond donors (Lipinski definition) is 2. The largest absolute Gasteiger partial charge is 0.392 e. The van der Waals surface area contributed by atoms with Gasteiger partial charge >= 0.3 is 0 Å². The van der Waals surface area contributed by atoms with Crippen LogP contribution < -0.4 is 10.2 Å². The number of rotatable bonds is 4. The molecule has 1 amide bonds. The zero-order valence-electron chi connectivity index (χ0n) is 11.4. The summed E-state index contributed by atoms with van der Waals surface area (Å²) in [6, 6.07) is 5.41. The average molecular weight is 343 g/mol. The van der Waals surface area contributed by atoms with Gasteiger partial charge in [0.2, 0.25) is 5.91 Å². The first kappa shape index (κ1) is 15.3. The summed E-state index contributed by atoms with van der Waals surface area (Å²) < 4.78 is 6.27. The Morgan fingerprint density at radius 1 is 1.60 bits per heavy atom. The number of nitrogens with zero attached hydrogens (tertiary/aromatic N) is 1. The van der Waals surface area contributed by atoms with Crippen molar-refractivity contribution in [1.82, 2.24) is 5.32 Å². The number of amides is 1. The third-order valence-electron chi connectivity index (χ3n) is 3.32. The van der Waals surface area contributed by atoms with Crippen molar-refractivity contribution in [2.75, 3.05) is 31.2 Å². The molecule has 1 unspecified atom stereocenters. The lowest BCUT2D eigenvalue weighted by Crippen LogP contribution is -2.54. The van der Waals surface area contributed by atoms with Crippen molar-refractivity contribution in [2.45, 2.75) is 19.6 Å². The molecule has 0 aliphatic carbocycles. The SMILES string of the molecule is CCNC(=O)C1COCCN1c1ccc(CO)c(Br)c1. The Hall–Kier alpha value is -1.11. The summed E-state index contributed by atoms with van der Waals surface area (Å²) in [5.74, 6) is -0.0189. The Bertz CT molecular complexity index is 481. The number of aliphatic hydroxyl groups excluding tert-OH is 1. The predicted molar refractivity (Wildman–Crippen MR) is 80.7 cm³/mol. The minimum Gasteiger partial charge on any atom is -0.392 e. The van der Waals surface area contributed by atoms with Crippen molar-refractivity contribution in [1.29, 1.82) is 0 Å². The highest BCUT2D eigenvalue weighted by atomic mass is 79.9. The van der Waals surface area contributed by atoms with E-state index >= 15 is 0 Å². The second-order valence-corrected chi connectivity index (χ2v) is 5.47. The van der Waals surface area contributed by atoms with E-state index in [1.54, 1.807) is 0 Å². The minimum atomic E-state index is -0.310. The highest BCUT2D eigenvalue weighted by molar-refractivity contribution is 9.10. The lowest BCUT2D eigenvalue weighted by molar-refractivity contribution is -0.124. The first-order chi connectivity index (χ1) is 9.67. The Morgan fingerprint density at radius 3 is 3.05 bits per heavy atom. The van der Waals surface area contributed by atoms with Gasteiger partial charge in [0, 0.05) is 23.2 Å². The zero-order valence-corrected chi connectivity index (χ0v) is 13.0. The summed E-state index contributed by atoms with van der Waals surface area (Å²) in [5.41, 5.74) is 1.78. The molecule has 1 saturated heterocycles. The lowest BCUT2D eigenvalue weighted by atomic mass is 10.1. The van der Waals surface area contributed by atoms with E-state index in [1.165, 1.54) is 0 Å². The number of aliphatic hydroxyl groups is 1. The molecule has 0 spiro atoms. The topological polar surface area (TPSA) is 61.8 Å². The normalized spacial score (nSPS) is 18.9. The van der Waals surface area contributed by atoms with Crippen LogP contribution in [0.25, 0.3) is 0 Å². The number of hydrogen-bond acceptors (Lipinski definition) is 4. The molecule has 20 heavy (non-hydrogen) atoms. The second-order valence-electron chi connectivity index (χ2n) is 4.61. The fraction of sp³-hybridized carbons (Fsp3) is 0.500. The van der Waals surface area contributed by atoms with E-state index in [4.69, 9.17) is 4.74 Å². The molecule has 2 N–H and O–H groups in total. The molecule has 1 fully saturated rings. The van der Waals surface area contributed by atoms with Gasteiger partial charge in [0.05, 0.1) is 19.8 Å². The van der Waals surface area contributed by atoms with Gasteiger partial charge in [-0.15, -0.1) is 0 Å². The molecule has 6 heteroatoms. The van der Waals surface area contributed by atoms with Crippen LogP contribution in [0, 0.1) is 0 Å². The molecule has 0 aromatic heterocycles. The lowest BCUT2D eigenvalue weighted by Gasteiger charge is -2.36. The van der Waals surface area contributed by atoms with Crippen molar-refractivity contribution in [3.63, 3.8) is 0 Å². The van der Waals surface area contributed by atoms with E-state index < -0.39 is 0 Å². The van der Waals surface area contributed by atoms with Gasteiger partial charge in [0.1, 0.15) is 6.04 Å². The fourth-order valence-electron chi connectivity index (χ4n) is 2.27. The molecular formula is C14H19BrN2O3. The average Bonchev–Trinajstić information content (AvgIpc) is 2.47. The summed E-state index contributed by atoms with van der Waals surface area (Å²) in [5, 5.41) is 12.0. The molecule has 110 valence electrons. The quantitative estimate of drug-likeness (QED) is 0.865. The van der Waals surface area contributed by atoms with Crippen LogP contribution in [0.2, 0.25) is 0 Å². The van der Waals surface area contributed by atoms with Gasteiger partial charge in [-0.1, -0.05) is 22.0 Å². The number of likely N-dealkylation sites (N-methyl/N-ethyl adjacent to an activating group) is 1. The van der Waals surface area contributed by atoms with Crippen molar-refractivity contribution >= 4 is 27.5 Å². The van der Waals surface area contributed by atoms with E-state index in [1.807, 2.05) is 30.0 Å². The van der Waals surface area contributed by atoms with Gasteiger partial charge in [-0.25, -0.2) is 0 Å². The number of carbonyl (C=O) groups is 1. The molecule has 0 saturated carbocycles. The van der Waals surface area contributed by atoms with Crippen LogP contribution in [0.4, 0.5) is 5.69 Å². The van der Waals surface area contributed by atoms with Gasteiger partial charge in [-0.2, -0.15) is 0 Å². The number of nitrogens with one attached hydrogen (secondary N) is 1. The molecule has 2 rings (SSSR count). The van der Waals surface area contributed by atoms with E-state index in [-0.39, 0.29) is 18.6 Å². The van der Waals surface area contributed by atoms with Crippen molar-refractivity contribution in [3.8, 4) is 0 Å². The van der Waals surface area contributed by atoms with Gasteiger partial charge in [0.25, 0.3) is 0 Å². The van der Waals surface area contributed by atoms with Crippen LogP contribution in [0.15, 0.2) is 22.7 Å². The standard InChI is InChI=1S/C14H19BrN2O3/c1-2-16-14(19)13-9-20-6-5-17(13)11-4-3-10(8-18)12(15)7-11/h3-4,7,13,18H,2,5-6,8-9H2,1H3,(H,16,19). The van der Waals surface area contributed by atoms with Crippen LogP contribution in [0.1, 0.15) is 12.5 Å².